The normalized spacial score (nSPS) is 19.1. The molecular formula is C21H29FN6O4. The molecule has 1 amide bonds. The Morgan fingerprint density at radius 1 is 1.28 bits per heavy atom. The Morgan fingerprint density at radius 2 is 2.09 bits per heavy atom. The Kier molecular flexibility index (Phi) is 7.18. The van der Waals surface area contributed by atoms with Crippen LogP contribution in [0.15, 0.2) is 24.4 Å². The SMILES string of the molecule is CN(CCO)CCc1cn(C[C@H]2CN(c3ccc(N4CCOCC4)c(F)c3)C(=O)O2)nn1. The van der Waals surface area contributed by atoms with Crippen LogP contribution in [0.3, 0.4) is 0 Å². The van der Waals surface area contributed by atoms with Gasteiger partial charge in [0, 0.05) is 38.8 Å². The maximum atomic E-state index is 14.7. The number of aliphatic hydroxyl groups excluding tert-OH is 1. The molecule has 0 saturated carbocycles. The molecule has 1 aromatic carbocycles. The molecule has 32 heavy (non-hydrogen) atoms. The fraction of sp³-hybridized carbons (Fsp3) is 0.571. The van der Waals surface area contributed by atoms with Gasteiger partial charge in [-0.3, -0.25) is 4.90 Å². The van der Waals surface area contributed by atoms with Crippen molar-refractivity contribution in [3.8, 4) is 0 Å². The largest absolute Gasteiger partial charge is 0.442 e. The third-order valence-electron chi connectivity index (χ3n) is 5.68. The Balaban J connectivity index is 1.34. The number of hydrogen-bond acceptors (Lipinski definition) is 8. The van der Waals surface area contributed by atoms with Crippen LogP contribution < -0.4 is 9.80 Å². The number of morpholine rings is 1. The predicted octanol–water partition coefficient (Wildman–Crippen LogP) is 0.746. The van der Waals surface area contributed by atoms with Crippen molar-refractivity contribution in [3.05, 3.63) is 35.9 Å². The van der Waals surface area contributed by atoms with Crippen molar-refractivity contribution in [2.75, 3.05) is 69.4 Å². The Bertz CT molecular complexity index is 919. The van der Waals surface area contributed by atoms with Gasteiger partial charge in [-0.05, 0) is 25.2 Å². The molecule has 4 rings (SSSR count). The molecule has 174 valence electrons. The number of carbonyl (C=O) groups is 1. The summed E-state index contributed by atoms with van der Waals surface area (Å²) in [5, 5.41) is 17.2. The average molecular weight is 448 g/mol. The van der Waals surface area contributed by atoms with E-state index < -0.39 is 12.2 Å². The summed E-state index contributed by atoms with van der Waals surface area (Å²) in [7, 11) is 1.93. The Hall–Kier alpha value is -2.76. The maximum absolute atomic E-state index is 14.7. The van der Waals surface area contributed by atoms with Crippen LogP contribution in [-0.4, -0.2) is 96.8 Å². The number of carbonyl (C=O) groups excluding carboxylic acids is 1. The molecule has 3 heterocycles. The molecule has 2 saturated heterocycles. The van der Waals surface area contributed by atoms with E-state index >= 15 is 0 Å². The zero-order valence-electron chi connectivity index (χ0n) is 18.2. The van der Waals surface area contributed by atoms with Crippen LogP contribution >= 0.6 is 0 Å². The van der Waals surface area contributed by atoms with Gasteiger partial charge < -0.3 is 24.4 Å². The van der Waals surface area contributed by atoms with Gasteiger partial charge in [0.25, 0.3) is 0 Å². The van der Waals surface area contributed by atoms with Gasteiger partial charge in [-0.1, -0.05) is 5.21 Å². The van der Waals surface area contributed by atoms with E-state index in [9.17, 15) is 9.18 Å². The van der Waals surface area contributed by atoms with Crippen LogP contribution in [0.25, 0.3) is 0 Å². The van der Waals surface area contributed by atoms with E-state index in [2.05, 4.69) is 10.3 Å². The van der Waals surface area contributed by atoms with Crippen LogP contribution in [0.1, 0.15) is 5.69 Å². The minimum atomic E-state index is -0.500. The molecule has 10 nitrogen and oxygen atoms in total. The van der Waals surface area contributed by atoms with E-state index in [1.807, 2.05) is 23.0 Å². The number of rotatable bonds is 9. The highest BCUT2D eigenvalue weighted by Gasteiger charge is 2.33. The number of anilines is 2. The molecule has 1 N–H and O–H groups in total. The lowest BCUT2D eigenvalue weighted by Crippen LogP contribution is -2.36. The van der Waals surface area contributed by atoms with Crippen LogP contribution in [0.2, 0.25) is 0 Å². The average Bonchev–Trinajstić information content (AvgIpc) is 3.39. The van der Waals surface area contributed by atoms with Crippen LogP contribution in [0.5, 0.6) is 0 Å². The third-order valence-corrected chi connectivity index (χ3v) is 5.68. The van der Waals surface area contributed by atoms with E-state index in [4.69, 9.17) is 14.6 Å². The number of hydrogen-bond donors (Lipinski definition) is 1. The minimum absolute atomic E-state index is 0.118. The van der Waals surface area contributed by atoms with Gasteiger partial charge in [0.15, 0.2) is 0 Å². The summed E-state index contributed by atoms with van der Waals surface area (Å²) in [6.07, 6.45) is 1.64. The van der Waals surface area contributed by atoms with Gasteiger partial charge in [-0.15, -0.1) is 5.10 Å². The quantitative estimate of drug-likeness (QED) is 0.600. The number of amides is 1. The molecule has 0 unspecified atom stereocenters. The highest BCUT2D eigenvalue weighted by Crippen LogP contribution is 2.28. The minimum Gasteiger partial charge on any atom is -0.442 e. The second-order valence-corrected chi connectivity index (χ2v) is 8.06. The van der Waals surface area contributed by atoms with E-state index in [1.54, 1.807) is 16.8 Å². The lowest BCUT2D eigenvalue weighted by molar-refractivity contribution is 0.122. The van der Waals surface area contributed by atoms with Gasteiger partial charge in [0.05, 0.1) is 50.0 Å². The molecule has 0 bridgehead atoms. The summed E-state index contributed by atoms with van der Waals surface area (Å²) < 4.78 is 27.2. The van der Waals surface area contributed by atoms with Gasteiger partial charge in [-0.2, -0.15) is 0 Å². The van der Waals surface area contributed by atoms with Gasteiger partial charge in [0.2, 0.25) is 0 Å². The number of aromatic nitrogens is 3. The second kappa shape index (κ2) is 10.2. The molecule has 2 fully saturated rings. The molecule has 2 aliphatic rings. The van der Waals surface area contributed by atoms with Crippen LogP contribution in [0, 0.1) is 5.82 Å². The smallest absolute Gasteiger partial charge is 0.414 e. The summed E-state index contributed by atoms with van der Waals surface area (Å²) in [5.74, 6) is -0.368. The first kappa shape index (κ1) is 22.4. The number of cyclic esters (lactones) is 1. The van der Waals surface area contributed by atoms with Crippen molar-refractivity contribution in [2.45, 2.75) is 19.1 Å². The van der Waals surface area contributed by atoms with Crippen molar-refractivity contribution in [3.63, 3.8) is 0 Å². The number of halogens is 1. The first-order chi connectivity index (χ1) is 15.5. The number of nitrogens with zero attached hydrogens (tertiary/aromatic N) is 6. The predicted molar refractivity (Wildman–Crippen MR) is 115 cm³/mol. The summed E-state index contributed by atoms with van der Waals surface area (Å²) in [6, 6.07) is 4.83. The van der Waals surface area contributed by atoms with E-state index in [0.717, 1.165) is 12.2 Å². The van der Waals surface area contributed by atoms with E-state index in [1.165, 1.54) is 11.0 Å². The van der Waals surface area contributed by atoms with E-state index in [-0.39, 0.29) is 12.4 Å². The summed E-state index contributed by atoms with van der Waals surface area (Å²) in [5.41, 5.74) is 1.82. The van der Waals surface area contributed by atoms with Crippen molar-refractivity contribution in [1.82, 2.24) is 19.9 Å². The molecule has 11 heteroatoms. The van der Waals surface area contributed by atoms with Gasteiger partial charge in [0.1, 0.15) is 11.9 Å². The number of benzene rings is 1. The third kappa shape index (κ3) is 5.34. The zero-order chi connectivity index (χ0) is 22.5. The van der Waals surface area contributed by atoms with Gasteiger partial charge >= 0.3 is 6.09 Å². The maximum Gasteiger partial charge on any atom is 0.414 e. The van der Waals surface area contributed by atoms with Crippen molar-refractivity contribution < 1.29 is 23.8 Å². The number of ether oxygens (including phenoxy) is 2. The second-order valence-electron chi connectivity index (χ2n) is 8.06. The van der Waals surface area contributed by atoms with Gasteiger partial charge in [-0.25, -0.2) is 13.9 Å². The monoisotopic (exact) mass is 448 g/mol. The molecular weight excluding hydrogens is 419 g/mol. The lowest BCUT2D eigenvalue weighted by atomic mass is 10.2. The van der Waals surface area contributed by atoms with E-state index in [0.29, 0.717) is 63.7 Å². The fourth-order valence-electron chi connectivity index (χ4n) is 3.89. The highest BCUT2D eigenvalue weighted by atomic mass is 19.1. The molecule has 2 aliphatic heterocycles. The van der Waals surface area contributed by atoms with Crippen LogP contribution in [0.4, 0.5) is 20.6 Å². The molecule has 2 aromatic rings. The lowest BCUT2D eigenvalue weighted by Gasteiger charge is -2.29. The number of likely N-dealkylation sites (N-methyl/N-ethyl adjacent to an activating group) is 1. The van der Waals surface area contributed by atoms with Crippen molar-refractivity contribution >= 4 is 17.5 Å². The Morgan fingerprint density at radius 3 is 2.84 bits per heavy atom. The molecule has 1 atom stereocenters. The molecule has 1 aromatic heterocycles. The standard InChI is InChI=1S/C21H29FN6O4/c1-25(6-9-29)5-4-16-13-27(24-23-16)14-18-15-28(21(30)32-18)17-2-3-20(19(22)12-17)26-7-10-31-11-8-26/h2-3,12-13,18,29H,4-11,14-15H2,1H3/t18-/m0/s1. The summed E-state index contributed by atoms with van der Waals surface area (Å²) in [6.45, 7) is 4.60. The Labute approximate surface area is 186 Å². The number of aliphatic hydroxyl groups is 1. The van der Waals surface area contributed by atoms with Crippen LogP contribution in [-0.2, 0) is 22.4 Å². The zero-order valence-corrected chi connectivity index (χ0v) is 18.2. The summed E-state index contributed by atoms with van der Waals surface area (Å²) >= 11 is 0. The molecule has 0 spiro atoms. The molecule has 0 radical (unpaired) electrons. The first-order valence-electron chi connectivity index (χ1n) is 10.8. The highest BCUT2D eigenvalue weighted by molar-refractivity contribution is 5.90. The van der Waals surface area contributed by atoms with Crippen molar-refractivity contribution in [2.24, 2.45) is 0 Å². The summed E-state index contributed by atoms with van der Waals surface area (Å²) in [4.78, 5) is 17.8. The first-order valence-corrected chi connectivity index (χ1v) is 10.8. The molecule has 0 aliphatic carbocycles. The topological polar surface area (TPSA) is 96.2 Å². The van der Waals surface area contributed by atoms with Crippen molar-refractivity contribution in [1.29, 1.82) is 0 Å². The fourth-order valence-corrected chi connectivity index (χ4v) is 3.89.